The first kappa shape index (κ1) is 11.9. The smallest absolute Gasteiger partial charge is 0.225 e. The van der Waals surface area contributed by atoms with Gasteiger partial charge in [-0.1, -0.05) is 13.8 Å². The lowest BCUT2D eigenvalue weighted by Gasteiger charge is -2.31. The Morgan fingerprint density at radius 3 is 2.83 bits per heavy atom. The molecule has 1 aromatic heterocycles. The lowest BCUT2D eigenvalue weighted by molar-refractivity contribution is 0.415. The Bertz CT molecular complexity index is 426. The summed E-state index contributed by atoms with van der Waals surface area (Å²) in [7, 11) is 0. The molecule has 0 spiro atoms. The van der Waals surface area contributed by atoms with Crippen LogP contribution in [0, 0.1) is 5.92 Å². The van der Waals surface area contributed by atoms with E-state index in [0.29, 0.717) is 5.92 Å². The summed E-state index contributed by atoms with van der Waals surface area (Å²) in [6.07, 6.45) is 4.47. The summed E-state index contributed by atoms with van der Waals surface area (Å²) in [5.41, 5.74) is 2.65. The molecule has 98 valence electrons. The Morgan fingerprint density at radius 1 is 1.28 bits per heavy atom. The molecule has 1 aliphatic heterocycles. The second-order valence-electron chi connectivity index (χ2n) is 5.62. The molecule has 0 aromatic carbocycles. The molecule has 2 heterocycles. The van der Waals surface area contributed by atoms with Crippen LogP contribution in [-0.4, -0.2) is 36.1 Å². The third kappa shape index (κ3) is 2.09. The molecule has 2 unspecified atom stereocenters. The van der Waals surface area contributed by atoms with E-state index < -0.39 is 0 Å². The number of nitrogens with one attached hydrogen (secondary N) is 1. The minimum Gasteiger partial charge on any atom is -0.338 e. The minimum absolute atomic E-state index is 0.568. The molecule has 1 fully saturated rings. The first-order valence-corrected chi connectivity index (χ1v) is 7.07. The molecule has 0 amide bonds. The highest BCUT2D eigenvalue weighted by molar-refractivity contribution is 5.36. The van der Waals surface area contributed by atoms with Gasteiger partial charge in [0.15, 0.2) is 0 Å². The first-order chi connectivity index (χ1) is 8.75. The van der Waals surface area contributed by atoms with Crippen molar-refractivity contribution in [2.45, 2.75) is 32.6 Å². The van der Waals surface area contributed by atoms with E-state index in [2.05, 4.69) is 35.2 Å². The van der Waals surface area contributed by atoms with Gasteiger partial charge in [0.25, 0.3) is 0 Å². The van der Waals surface area contributed by atoms with E-state index in [9.17, 15) is 0 Å². The highest BCUT2D eigenvalue weighted by Gasteiger charge is 2.26. The molecule has 0 saturated carbocycles. The molecule has 1 aromatic rings. The average molecular weight is 246 g/mol. The molecule has 1 N–H and O–H groups in total. The number of nitrogens with zero attached hydrogens (tertiary/aromatic N) is 3. The third-order valence-corrected chi connectivity index (χ3v) is 4.44. The van der Waals surface area contributed by atoms with E-state index >= 15 is 0 Å². The summed E-state index contributed by atoms with van der Waals surface area (Å²) in [6, 6.07) is 0. The Hall–Kier alpha value is -1.16. The standard InChI is InChI=1S/C14H22N4/c1-10-3-4-12-9-16-14(17-13(12)11(10)2)18-7-5-15-6-8-18/h9-11,15H,3-8H2,1-2H3. The molecule has 3 rings (SSSR count). The van der Waals surface area contributed by atoms with E-state index in [0.717, 1.165) is 44.5 Å². The number of aryl methyl sites for hydroxylation is 1. The molecule has 1 saturated heterocycles. The van der Waals surface area contributed by atoms with Crippen LogP contribution < -0.4 is 10.2 Å². The topological polar surface area (TPSA) is 41.1 Å². The van der Waals surface area contributed by atoms with Gasteiger partial charge in [-0.3, -0.25) is 0 Å². The Kier molecular flexibility index (Phi) is 3.20. The maximum Gasteiger partial charge on any atom is 0.225 e. The minimum atomic E-state index is 0.568. The maximum absolute atomic E-state index is 4.86. The van der Waals surface area contributed by atoms with Crippen LogP contribution in [0.2, 0.25) is 0 Å². The highest BCUT2D eigenvalue weighted by atomic mass is 15.3. The summed E-state index contributed by atoms with van der Waals surface area (Å²) >= 11 is 0. The molecular weight excluding hydrogens is 224 g/mol. The van der Waals surface area contributed by atoms with Crippen LogP contribution in [0.5, 0.6) is 0 Å². The van der Waals surface area contributed by atoms with Gasteiger partial charge >= 0.3 is 0 Å². The fourth-order valence-electron chi connectivity index (χ4n) is 2.92. The van der Waals surface area contributed by atoms with Crippen molar-refractivity contribution in [3.8, 4) is 0 Å². The van der Waals surface area contributed by atoms with Crippen LogP contribution in [0.25, 0.3) is 0 Å². The summed E-state index contributed by atoms with van der Waals surface area (Å²) in [4.78, 5) is 11.7. The van der Waals surface area contributed by atoms with Gasteiger partial charge in [-0.2, -0.15) is 0 Å². The quantitative estimate of drug-likeness (QED) is 0.816. The average Bonchev–Trinajstić information content (AvgIpc) is 2.44. The monoisotopic (exact) mass is 246 g/mol. The molecule has 2 atom stereocenters. The van der Waals surface area contributed by atoms with Crippen LogP contribution in [0.15, 0.2) is 6.20 Å². The number of aromatic nitrogens is 2. The van der Waals surface area contributed by atoms with E-state index in [1.807, 2.05) is 0 Å². The Morgan fingerprint density at radius 2 is 2.06 bits per heavy atom. The largest absolute Gasteiger partial charge is 0.338 e. The van der Waals surface area contributed by atoms with Crippen molar-refractivity contribution in [3.05, 3.63) is 17.5 Å². The van der Waals surface area contributed by atoms with Crippen molar-refractivity contribution >= 4 is 5.95 Å². The Balaban J connectivity index is 1.89. The second kappa shape index (κ2) is 4.84. The highest BCUT2D eigenvalue weighted by Crippen LogP contribution is 2.34. The normalized spacial score (nSPS) is 28.0. The van der Waals surface area contributed by atoms with Crippen LogP contribution in [0.3, 0.4) is 0 Å². The van der Waals surface area contributed by atoms with Crippen molar-refractivity contribution in [2.75, 3.05) is 31.1 Å². The van der Waals surface area contributed by atoms with Gasteiger partial charge in [-0.15, -0.1) is 0 Å². The van der Waals surface area contributed by atoms with Crippen molar-refractivity contribution < 1.29 is 0 Å². The van der Waals surface area contributed by atoms with Crippen molar-refractivity contribution in [3.63, 3.8) is 0 Å². The maximum atomic E-state index is 4.86. The van der Waals surface area contributed by atoms with Crippen molar-refractivity contribution in [1.29, 1.82) is 0 Å². The second-order valence-corrected chi connectivity index (χ2v) is 5.62. The number of hydrogen-bond donors (Lipinski definition) is 1. The van der Waals surface area contributed by atoms with Crippen LogP contribution >= 0.6 is 0 Å². The molecule has 1 aliphatic carbocycles. The summed E-state index contributed by atoms with van der Waals surface area (Å²) < 4.78 is 0. The predicted molar refractivity (Wildman–Crippen MR) is 73.0 cm³/mol. The molecule has 2 aliphatic rings. The summed E-state index contributed by atoms with van der Waals surface area (Å²) in [5.74, 6) is 2.23. The lowest BCUT2D eigenvalue weighted by atomic mass is 9.80. The van der Waals surface area contributed by atoms with E-state index in [4.69, 9.17) is 4.98 Å². The summed E-state index contributed by atoms with van der Waals surface area (Å²) in [6.45, 7) is 8.74. The van der Waals surface area contributed by atoms with Crippen LogP contribution in [-0.2, 0) is 6.42 Å². The van der Waals surface area contributed by atoms with E-state index in [1.54, 1.807) is 0 Å². The number of piperazine rings is 1. The van der Waals surface area contributed by atoms with Gasteiger partial charge in [0.05, 0.1) is 5.69 Å². The zero-order valence-electron chi connectivity index (χ0n) is 11.3. The third-order valence-electron chi connectivity index (χ3n) is 4.44. The fraction of sp³-hybridized carbons (Fsp3) is 0.714. The van der Waals surface area contributed by atoms with Gasteiger partial charge < -0.3 is 10.2 Å². The first-order valence-electron chi connectivity index (χ1n) is 7.07. The lowest BCUT2D eigenvalue weighted by Crippen LogP contribution is -2.44. The number of rotatable bonds is 1. The molecule has 4 heteroatoms. The fourth-order valence-corrected chi connectivity index (χ4v) is 2.92. The number of fused-ring (bicyclic) bond motifs is 1. The zero-order chi connectivity index (χ0) is 12.5. The summed E-state index contributed by atoms with van der Waals surface area (Å²) in [5, 5.41) is 3.37. The van der Waals surface area contributed by atoms with E-state index in [-0.39, 0.29) is 0 Å². The SMILES string of the molecule is CC1CCc2cnc(N3CCNCC3)nc2C1C. The van der Waals surface area contributed by atoms with Gasteiger partial charge in [-0.25, -0.2) is 9.97 Å². The molecule has 0 radical (unpaired) electrons. The zero-order valence-corrected chi connectivity index (χ0v) is 11.3. The molecule has 0 bridgehead atoms. The Labute approximate surface area is 109 Å². The van der Waals surface area contributed by atoms with Gasteiger partial charge in [0, 0.05) is 38.3 Å². The van der Waals surface area contributed by atoms with Gasteiger partial charge in [0.2, 0.25) is 5.95 Å². The molecule has 18 heavy (non-hydrogen) atoms. The van der Waals surface area contributed by atoms with E-state index in [1.165, 1.54) is 17.7 Å². The molecular formula is C14H22N4. The predicted octanol–water partition coefficient (Wildman–Crippen LogP) is 1.57. The van der Waals surface area contributed by atoms with Crippen LogP contribution in [0.1, 0.15) is 37.4 Å². The number of hydrogen-bond acceptors (Lipinski definition) is 4. The van der Waals surface area contributed by atoms with Crippen LogP contribution in [0.4, 0.5) is 5.95 Å². The van der Waals surface area contributed by atoms with Gasteiger partial charge in [-0.05, 0) is 24.3 Å². The number of anilines is 1. The van der Waals surface area contributed by atoms with Gasteiger partial charge in [0.1, 0.15) is 0 Å². The van der Waals surface area contributed by atoms with Crippen molar-refractivity contribution in [2.24, 2.45) is 5.92 Å². The van der Waals surface area contributed by atoms with Crippen molar-refractivity contribution in [1.82, 2.24) is 15.3 Å². The molecule has 4 nitrogen and oxygen atoms in total.